The molecule has 1 N–H and O–H groups in total. The highest BCUT2D eigenvalue weighted by Crippen LogP contribution is 2.28. The molecule has 0 saturated carbocycles. The van der Waals surface area contributed by atoms with Crippen molar-refractivity contribution >= 4 is 33.5 Å². The van der Waals surface area contributed by atoms with Crippen LogP contribution < -0.4 is 14.8 Å². The Bertz CT molecular complexity index is 1130. The number of nitrogens with zero attached hydrogens (tertiary/aromatic N) is 3. The molecule has 0 unspecified atom stereocenters. The van der Waals surface area contributed by atoms with Gasteiger partial charge in [0.25, 0.3) is 5.91 Å². The molecule has 0 atom stereocenters. The number of benzene rings is 1. The van der Waals surface area contributed by atoms with Gasteiger partial charge in [-0.3, -0.25) is 4.79 Å². The van der Waals surface area contributed by atoms with Gasteiger partial charge in [-0.15, -0.1) is 27.8 Å². The molecule has 9 heteroatoms. The third-order valence-electron chi connectivity index (χ3n) is 4.36. The molecule has 0 aliphatic heterocycles. The monoisotopic (exact) mass is 442 g/mol. The van der Waals surface area contributed by atoms with Crippen LogP contribution in [-0.4, -0.2) is 40.3 Å². The van der Waals surface area contributed by atoms with Gasteiger partial charge in [-0.2, -0.15) is 4.98 Å². The summed E-state index contributed by atoms with van der Waals surface area (Å²) < 4.78 is 13.0. The Morgan fingerprint density at radius 1 is 1.13 bits per heavy atom. The maximum atomic E-state index is 12.6. The summed E-state index contributed by atoms with van der Waals surface area (Å²) in [7, 11) is 0. The summed E-state index contributed by atoms with van der Waals surface area (Å²) in [6.45, 7) is 5.35. The zero-order chi connectivity index (χ0) is 20.9. The van der Waals surface area contributed by atoms with Crippen LogP contribution in [0.15, 0.2) is 41.1 Å². The molecule has 3 aromatic heterocycles. The van der Waals surface area contributed by atoms with E-state index < -0.39 is 0 Å². The molecule has 4 rings (SSSR count). The maximum Gasteiger partial charge on any atom is 0.251 e. The largest absolute Gasteiger partial charge is 0.490 e. The number of rotatable bonds is 9. The third-order valence-corrected chi connectivity index (χ3v) is 6.09. The van der Waals surface area contributed by atoms with E-state index in [1.807, 2.05) is 41.3 Å². The van der Waals surface area contributed by atoms with Crippen LogP contribution in [0, 0.1) is 0 Å². The lowest BCUT2D eigenvalue weighted by molar-refractivity contribution is 0.0953. The molecule has 0 spiro atoms. The molecule has 4 aromatic rings. The topological polar surface area (TPSA) is 77.8 Å². The number of ether oxygens (including phenoxy) is 2. The van der Waals surface area contributed by atoms with Crippen molar-refractivity contribution in [3.05, 3.63) is 52.3 Å². The second-order valence-electron chi connectivity index (χ2n) is 6.37. The quantitative estimate of drug-likeness (QED) is 0.418. The first-order chi connectivity index (χ1) is 14.7. The van der Waals surface area contributed by atoms with Crippen LogP contribution >= 0.6 is 22.7 Å². The average Bonchev–Trinajstić information content (AvgIpc) is 3.47. The van der Waals surface area contributed by atoms with Gasteiger partial charge in [-0.25, -0.2) is 4.52 Å². The smallest absolute Gasteiger partial charge is 0.251 e. The fraction of sp³-hybridized carbons (Fsp3) is 0.286. The molecule has 0 aliphatic carbocycles. The van der Waals surface area contributed by atoms with Crippen molar-refractivity contribution in [3.63, 3.8) is 0 Å². The number of thiophene rings is 1. The van der Waals surface area contributed by atoms with E-state index in [4.69, 9.17) is 9.47 Å². The SMILES string of the molecule is CCOc1ccc(C(=O)NCCc2csc3nc(-c4cccs4)nn23)cc1OCC. The van der Waals surface area contributed by atoms with Crippen molar-refractivity contribution in [2.45, 2.75) is 20.3 Å². The molecule has 0 bridgehead atoms. The first kappa shape index (κ1) is 20.4. The number of fused-ring (bicyclic) bond motifs is 1. The minimum atomic E-state index is -0.150. The van der Waals surface area contributed by atoms with Crippen molar-refractivity contribution in [1.82, 2.24) is 19.9 Å². The van der Waals surface area contributed by atoms with E-state index in [2.05, 4.69) is 15.4 Å². The normalized spacial score (nSPS) is 11.0. The maximum absolute atomic E-state index is 12.6. The first-order valence-corrected chi connectivity index (χ1v) is 11.5. The summed E-state index contributed by atoms with van der Waals surface area (Å²) in [4.78, 5) is 19.1. The van der Waals surface area contributed by atoms with E-state index in [0.29, 0.717) is 43.2 Å². The van der Waals surface area contributed by atoms with Crippen molar-refractivity contribution in [3.8, 4) is 22.2 Å². The summed E-state index contributed by atoms with van der Waals surface area (Å²) in [5.74, 6) is 1.81. The molecule has 0 radical (unpaired) electrons. The number of hydrogen-bond donors (Lipinski definition) is 1. The number of nitrogens with one attached hydrogen (secondary N) is 1. The minimum Gasteiger partial charge on any atom is -0.490 e. The highest BCUT2D eigenvalue weighted by atomic mass is 32.1. The van der Waals surface area contributed by atoms with Gasteiger partial charge in [-0.05, 0) is 43.5 Å². The Balaban J connectivity index is 1.40. The van der Waals surface area contributed by atoms with Gasteiger partial charge in [0.05, 0.1) is 23.8 Å². The van der Waals surface area contributed by atoms with E-state index in [1.54, 1.807) is 40.9 Å². The molecule has 30 heavy (non-hydrogen) atoms. The number of carbonyl (C=O) groups excluding carboxylic acids is 1. The van der Waals surface area contributed by atoms with E-state index in [9.17, 15) is 4.79 Å². The molecule has 0 fully saturated rings. The molecular weight excluding hydrogens is 420 g/mol. The summed E-state index contributed by atoms with van der Waals surface area (Å²) in [5, 5.41) is 11.6. The van der Waals surface area contributed by atoms with Gasteiger partial charge in [0.2, 0.25) is 4.96 Å². The zero-order valence-electron chi connectivity index (χ0n) is 16.8. The lowest BCUT2D eigenvalue weighted by atomic mass is 10.2. The molecular formula is C21H22N4O3S2. The fourth-order valence-corrected chi connectivity index (χ4v) is 4.51. The van der Waals surface area contributed by atoms with Crippen LogP contribution in [-0.2, 0) is 6.42 Å². The number of aromatic nitrogens is 3. The molecule has 1 aromatic carbocycles. The van der Waals surface area contributed by atoms with Gasteiger partial charge in [0.15, 0.2) is 17.3 Å². The number of thiazole rings is 1. The van der Waals surface area contributed by atoms with Gasteiger partial charge < -0.3 is 14.8 Å². The second kappa shape index (κ2) is 9.27. The average molecular weight is 443 g/mol. The minimum absolute atomic E-state index is 0.150. The predicted molar refractivity (Wildman–Crippen MR) is 119 cm³/mol. The Morgan fingerprint density at radius 2 is 1.97 bits per heavy atom. The summed E-state index contributed by atoms with van der Waals surface area (Å²) in [6.07, 6.45) is 0.661. The van der Waals surface area contributed by atoms with Crippen molar-refractivity contribution in [2.75, 3.05) is 19.8 Å². The van der Waals surface area contributed by atoms with E-state index in [1.165, 1.54) is 0 Å². The Kier molecular flexibility index (Phi) is 6.29. The molecule has 1 amide bonds. The summed E-state index contributed by atoms with van der Waals surface area (Å²) >= 11 is 3.17. The van der Waals surface area contributed by atoms with Gasteiger partial charge in [0.1, 0.15) is 0 Å². The van der Waals surface area contributed by atoms with Crippen LogP contribution in [0.25, 0.3) is 15.7 Å². The van der Waals surface area contributed by atoms with E-state index in [0.717, 1.165) is 21.4 Å². The Hall–Kier alpha value is -2.91. The highest BCUT2D eigenvalue weighted by Gasteiger charge is 2.14. The number of hydrogen-bond acceptors (Lipinski definition) is 7. The van der Waals surface area contributed by atoms with E-state index in [-0.39, 0.29) is 5.91 Å². The van der Waals surface area contributed by atoms with Crippen LogP contribution in [0.2, 0.25) is 0 Å². The lowest BCUT2D eigenvalue weighted by Gasteiger charge is -2.12. The molecule has 156 valence electrons. The molecule has 0 saturated heterocycles. The molecule has 3 heterocycles. The molecule has 0 aliphatic rings. The first-order valence-electron chi connectivity index (χ1n) is 9.74. The van der Waals surface area contributed by atoms with Crippen LogP contribution in [0.4, 0.5) is 0 Å². The summed E-state index contributed by atoms with van der Waals surface area (Å²) in [5.41, 5.74) is 1.56. The van der Waals surface area contributed by atoms with Crippen LogP contribution in [0.5, 0.6) is 11.5 Å². The number of amides is 1. The second-order valence-corrected chi connectivity index (χ2v) is 8.15. The standard InChI is InChI=1S/C21H22N4O3S2/c1-3-27-16-8-7-14(12-17(16)28-4-2)20(26)22-10-9-15-13-30-21-23-19(24-25(15)21)18-6-5-11-29-18/h5-8,11-13H,3-4,9-10H2,1-2H3,(H,22,26). The molecule has 7 nitrogen and oxygen atoms in total. The van der Waals surface area contributed by atoms with Gasteiger partial charge in [0, 0.05) is 23.9 Å². The zero-order valence-corrected chi connectivity index (χ0v) is 18.4. The van der Waals surface area contributed by atoms with E-state index >= 15 is 0 Å². The van der Waals surface area contributed by atoms with Crippen molar-refractivity contribution in [1.29, 1.82) is 0 Å². The van der Waals surface area contributed by atoms with Gasteiger partial charge >= 0.3 is 0 Å². The Morgan fingerprint density at radius 3 is 2.73 bits per heavy atom. The predicted octanol–water partition coefficient (Wildman–Crippen LogP) is 4.29. The lowest BCUT2D eigenvalue weighted by Crippen LogP contribution is -2.26. The Labute approximate surface area is 182 Å². The number of carbonyl (C=O) groups is 1. The highest BCUT2D eigenvalue weighted by molar-refractivity contribution is 7.15. The van der Waals surface area contributed by atoms with Crippen molar-refractivity contribution < 1.29 is 14.3 Å². The van der Waals surface area contributed by atoms with Crippen LogP contribution in [0.3, 0.4) is 0 Å². The third kappa shape index (κ3) is 4.31. The summed E-state index contributed by atoms with van der Waals surface area (Å²) in [6, 6.07) is 9.24. The van der Waals surface area contributed by atoms with Crippen molar-refractivity contribution in [2.24, 2.45) is 0 Å². The van der Waals surface area contributed by atoms with Gasteiger partial charge in [-0.1, -0.05) is 6.07 Å². The van der Waals surface area contributed by atoms with Crippen LogP contribution in [0.1, 0.15) is 29.9 Å². The fourth-order valence-electron chi connectivity index (χ4n) is 3.01.